The van der Waals surface area contributed by atoms with Gasteiger partial charge in [0.15, 0.2) is 0 Å². The number of carbonyl (C=O) groups excluding carboxylic acids is 1. The van der Waals surface area contributed by atoms with Crippen molar-refractivity contribution in [1.82, 2.24) is 5.32 Å². The Bertz CT molecular complexity index is 703. The molecule has 128 valence electrons. The third kappa shape index (κ3) is 4.25. The zero-order chi connectivity index (χ0) is 17.1. The van der Waals surface area contributed by atoms with Crippen molar-refractivity contribution in [2.45, 2.75) is 39.3 Å². The van der Waals surface area contributed by atoms with E-state index in [1.54, 1.807) is 11.3 Å². The molecule has 0 spiro atoms. The molecule has 3 rings (SSSR count). The number of carbonyl (C=O) groups is 1. The third-order valence-electron chi connectivity index (χ3n) is 4.59. The summed E-state index contributed by atoms with van der Waals surface area (Å²) in [5.41, 5.74) is 3.86. The van der Waals surface area contributed by atoms with Crippen molar-refractivity contribution < 1.29 is 9.69 Å². The highest BCUT2D eigenvalue weighted by Crippen LogP contribution is 2.32. The second-order valence-electron chi connectivity index (χ2n) is 7.29. The van der Waals surface area contributed by atoms with Gasteiger partial charge in [0.1, 0.15) is 6.54 Å². The number of hydrogen-bond acceptors (Lipinski definition) is 2. The lowest BCUT2D eigenvalue weighted by Gasteiger charge is -2.16. The number of hydrogen-bond donors (Lipinski definition) is 2. The highest BCUT2D eigenvalue weighted by atomic mass is 32.1. The number of quaternary nitrogens is 1. The summed E-state index contributed by atoms with van der Waals surface area (Å²) in [5, 5.41) is 3.06. The van der Waals surface area contributed by atoms with Gasteiger partial charge in [-0.25, -0.2) is 0 Å². The molecule has 4 heteroatoms. The van der Waals surface area contributed by atoms with Crippen LogP contribution in [0, 0.1) is 5.92 Å². The summed E-state index contributed by atoms with van der Waals surface area (Å²) in [6, 6.07) is 10.6. The molecular weight excluding hydrogens is 316 g/mol. The van der Waals surface area contributed by atoms with Crippen molar-refractivity contribution >= 4 is 17.2 Å². The molecule has 1 aliphatic carbocycles. The molecular formula is C20H27N2OS+. The first-order valence-corrected chi connectivity index (χ1v) is 9.59. The maximum atomic E-state index is 12.4. The highest BCUT2D eigenvalue weighted by Gasteiger charge is 2.20. The van der Waals surface area contributed by atoms with Crippen molar-refractivity contribution in [2.24, 2.45) is 5.92 Å². The Morgan fingerprint density at radius 3 is 2.67 bits per heavy atom. The van der Waals surface area contributed by atoms with Crippen LogP contribution in [0.25, 0.3) is 0 Å². The molecule has 1 aromatic carbocycles. The number of thiophene rings is 1. The summed E-state index contributed by atoms with van der Waals surface area (Å²) in [6.45, 7) is 3.90. The van der Waals surface area contributed by atoms with Crippen molar-refractivity contribution in [1.29, 1.82) is 0 Å². The molecule has 24 heavy (non-hydrogen) atoms. The number of fused-ring (bicyclic) bond motifs is 1. The maximum Gasteiger partial charge on any atom is 0.261 e. The average molecular weight is 344 g/mol. The molecule has 1 atom stereocenters. The molecule has 0 unspecified atom stereocenters. The van der Waals surface area contributed by atoms with E-state index in [1.165, 1.54) is 27.3 Å². The predicted molar refractivity (Wildman–Crippen MR) is 99.6 cm³/mol. The van der Waals surface area contributed by atoms with Crippen LogP contribution in [-0.2, 0) is 25.9 Å². The number of benzene rings is 1. The molecule has 1 aliphatic rings. The van der Waals surface area contributed by atoms with E-state index < -0.39 is 0 Å². The monoisotopic (exact) mass is 343 g/mol. The quantitative estimate of drug-likeness (QED) is 0.859. The Morgan fingerprint density at radius 1 is 1.25 bits per heavy atom. The first-order chi connectivity index (χ1) is 11.5. The molecule has 2 aromatic rings. The summed E-state index contributed by atoms with van der Waals surface area (Å²) in [5.74, 6) is 0.800. The van der Waals surface area contributed by atoms with E-state index >= 15 is 0 Å². The fraction of sp³-hybridized carbons (Fsp3) is 0.450. The molecule has 1 aromatic heterocycles. The first-order valence-electron chi connectivity index (χ1n) is 8.78. The molecule has 0 saturated heterocycles. The first kappa shape index (κ1) is 17.2. The van der Waals surface area contributed by atoms with E-state index in [1.807, 2.05) is 0 Å². The van der Waals surface area contributed by atoms with Gasteiger partial charge in [-0.1, -0.05) is 31.2 Å². The number of nitrogens with one attached hydrogen (secondary N) is 2. The minimum atomic E-state index is 0.0591. The SMILES string of the molecule is C[C@@H]1CCc2sc(C(=O)NCc3ccc(C[NH+](C)C)cc3)cc2C1. The van der Waals surface area contributed by atoms with Gasteiger partial charge in [-0.05, 0) is 42.4 Å². The van der Waals surface area contributed by atoms with Crippen LogP contribution >= 0.6 is 11.3 Å². The minimum Gasteiger partial charge on any atom is -0.347 e. The summed E-state index contributed by atoms with van der Waals surface area (Å²) in [4.78, 5) is 16.1. The standard InChI is InChI=1S/C20H26N2OS/c1-14-4-9-18-17(10-14)11-19(24-18)20(23)21-12-15-5-7-16(8-6-15)13-22(2)3/h5-8,11,14H,4,9-10,12-13H2,1-3H3,(H,21,23)/p+1/t14-/m1/s1. The van der Waals surface area contributed by atoms with Crippen LogP contribution in [0.1, 0.15) is 44.6 Å². The van der Waals surface area contributed by atoms with Crippen LogP contribution in [0.3, 0.4) is 0 Å². The summed E-state index contributed by atoms with van der Waals surface area (Å²) < 4.78 is 0. The lowest BCUT2D eigenvalue weighted by atomic mass is 9.90. The van der Waals surface area contributed by atoms with Gasteiger partial charge in [0, 0.05) is 17.0 Å². The molecule has 0 bridgehead atoms. The van der Waals surface area contributed by atoms with E-state index in [2.05, 4.69) is 56.7 Å². The molecule has 0 saturated carbocycles. The summed E-state index contributed by atoms with van der Waals surface area (Å²) >= 11 is 1.68. The molecule has 1 heterocycles. The van der Waals surface area contributed by atoms with Gasteiger partial charge in [-0.3, -0.25) is 4.79 Å². The predicted octanol–water partition coefficient (Wildman–Crippen LogP) is 2.45. The molecule has 0 fully saturated rings. The Kier molecular flexibility index (Phi) is 5.36. The number of rotatable bonds is 5. The fourth-order valence-electron chi connectivity index (χ4n) is 3.27. The Morgan fingerprint density at radius 2 is 1.96 bits per heavy atom. The fourth-order valence-corrected chi connectivity index (χ4v) is 4.40. The van der Waals surface area contributed by atoms with Crippen LogP contribution in [0.5, 0.6) is 0 Å². The van der Waals surface area contributed by atoms with Crippen LogP contribution in [0.15, 0.2) is 30.3 Å². The van der Waals surface area contributed by atoms with Gasteiger partial charge >= 0.3 is 0 Å². The second-order valence-corrected chi connectivity index (χ2v) is 8.43. The third-order valence-corrected chi connectivity index (χ3v) is 5.82. The topological polar surface area (TPSA) is 33.5 Å². The van der Waals surface area contributed by atoms with E-state index in [0.29, 0.717) is 6.54 Å². The molecule has 0 aliphatic heterocycles. The van der Waals surface area contributed by atoms with E-state index in [0.717, 1.165) is 35.7 Å². The Balaban J connectivity index is 1.57. The zero-order valence-corrected chi connectivity index (χ0v) is 15.6. The maximum absolute atomic E-state index is 12.4. The molecule has 3 nitrogen and oxygen atoms in total. The minimum absolute atomic E-state index is 0.0591. The molecule has 2 N–H and O–H groups in total. The molecule has 0 radical (unpaired) electrons. The van der Waals surface area contributed by atoms with Gasteiger partial charge < -0.3 is 10.2 Å². The lowest BCUT2D eigenvalue weighted by molar-refractivity contribution is -0.872. The van der Waals surface area contributed by atoms with Crippen molar-refractivity contribution in [3.05, 3.63) is 56.8 Å². The van der Waals surface area contributed by atoms with Crippen LogP contribution in [-0.4, -0.2) is 20.0 Å². The smallest absolute Gasteiger partial charge is 0.261 e. The normalized spacial score (nSPS) is 16.9. The lowest BCUT2D eigenvalue weighted by Crippen LogP contribution is -3.04. The van der Waals surface area contributed by atoms with Crippen LogP contribution < -0.4 is 10.2 Å². The van der Waals surface area contributed by atoms with Crippen LogP contribution in [0.4, 0.5) is 0 Å². The van der Waals surface area contributed by atoms with Gasteiger partial charge in [-0.15, -0.1) is 11.3 Å². The van der Waals surface area contributed by atoms with Crippen molar-refractivity contribution in [2.75, 3.05) is 14.1 Å². The van der Waals surface area contributed by atoms with Crippen LogP contribution in [0.2, 0.25) is 0 Å². The summed E-state index contributed by atoms with van der Waals surface area (Å²) in [6.07, 6.45) is 3.49. The van der Waals surface area contributed by atoms with Gasteiger partial charge in [-0.2, -0.15) is 0 Å². The largest absolute Gasteiger partial charge is 0.347 e. The average Bonchev–Trinajstić information content (AvgIpc) is 2.96. The van der Waals surface area contributed by atoms with E-state index in [9.17, 15) is 4.79 Å². The zero-order valence-electron chi connectivity index (χ0n) is 14.8. The van der Waals surface area contributed by atoms with E-state index in [-0.39, 0.29) is 5.91 Å². The van der Waals surface area contributed by atoms with E-state index in [4.69, 9.17) is 0 Å². The number of aryl methyl sites for hydroxylation is 1. The van der Waals surface area contributed by atoms with Crippen molar-refractivity contribution in [3.63, 3.8) is 0 Å². The second kappa shape index (κ2) is 7.49. The number of amides is 1. The van der Waals surface area contributed by atoms with Gasteiger partial charge in [0.05, 0.1) is 19.0 Å². The Labute approximate surface area is 148 Å². The van der Waals surface area contributed by atoms with Crippen molar-refractivity contribution in [3.8, 4) is 0 Å². The Hall–Kier alpha value is -1.65. The summed E-state index contributed by atoms with van der Waals surface area (Å²) in [7, 11) is 4.30. The van der Waals surface area contributed by atoms with Gasteiger partial charge in [0.2, 0.25) is 0 Å². The van der Waals surface area contributed by atoms with Gasteiger partial charge in [0.25, 0.3) is 5.91 Å². The molecule has 1 amide bonds. The highest BCUT2D eigenvalue weighted by molar-refractivity contribution is 7.14.